The van der Waals surface area contributed by atoms with Crippen molar-refractivity contribution in [3.63, 3.8) is 0 Å². The van der Waals surface area contributed by atoms with E-state index >= 15 is 0 Å². The molecule has 0 saturated heterocycles. The molecule has 0 aliphatic rings. The maximum Gasteiger partial charge on any atom is 0.271 e. The Morgan fingerprint density at radius 3 is 2.67 bits per heavy atom. The van der Waals surface area contributed by atoms with E-state index in [1.165, 1.54) is 18.2 Å². The predicted molar refractivity (Wildman–Crippen MR) is 89.2 cm³/mol. The summed E-state index contributed by atoms with van der Waals surface area (Å²) in [5.74, 6) is -0.642. The third-order valence-corrected chi connectivity index (χ3v) is 3.52. The van der Waals surface area contributed by atoms with Crippen molar-refractivity contribution in [2.24, 2.45) is 0 Å². The van der Waals surface area contributed by atoms with Gasteiger partial charge in [-0.25, -0.2) is 4.39 Å². The molecule has 0 radical (unpaired) electrons. The van der Waals surface area contributed by atoms with Gasteiger partial charge in [0.05, 0.1) is 17.2 Å². The van der Waals surface area contributed by atoms with E-state index in [1.807, 2.05) is 0 Å². The molecule has 0 atom stereocenters. The number of nitro benzene ring substituents is 1. The highest BCUT2D eigenvalue weighted by atomic mass is 19.1. The highest BCUT2D eigenvalue weighted by Crippen LogP contribution is 2.21. The number of carbonyl (C=O) groups is 1. The van der Waals surface area contributed by atoms with Crippen molar-refractivity contribution in [1.29, 1.82) is 0 Å². The second-order valence-electron chi connectivity index (χ2n) is 5.57. The topological polar surface area (TPSA) is 75.5 Å². The number of benzene rings is 2. The molecule has 0 spiro atoms. The van der Waals surface area contributed by atoms with Crippen LogP contribution in [0, 0.1) is 22.9 Å². The van der Waals surface area contributed by atoms with Crippen LogP contribution in [0.1, 0.15) is 11.1 Å². The molecule has 126 valence electrons. The van der Waals surface area contributed by atoms with Gasteiger partial charge in [0.25, 0.3) is 5.69 Å². The van der Waals surface area contributed by atoms with Crippen molar-refractivity contribution < 1.29 is 14.1 Å². The summed E-state index contributed by atoms with van der Waals surface area (Å²) in [6.07, 6.45) is 0. The van der Waals surface area contributed by atoms with Gasteiger partial charge in [-0.2, -0.15) is 0 Å². The second-order valence-corrected chi connectivity index (χ2v) is 5.57. The smallest absolute Gasteiger partial charge is 0.271 e. The number of nitrogens with one attached hydrogen (secondary N) is 1. The van der Waals surface area contributed by atoms with Gasteiger partial charge >= 0.3 is 0 Å². The number of amides is 1. The normalized spacial score (nSPS) is 10.7. The number of rotatable bonds is 6. The molecule has 0 heterocycles. The molecule has 2 aromatic rings. The molecular formula is C17H18FN3O3. The molecule has 0 aliphatic heterocycles. The van der Waals surface area contributed by atoms with Crippen LogP contribution in [0.3, 0.4) is 0 Å². The van der Waals surface area contributed by atoms with Crippen LogP contribution in [-0.2, 0) is 11.3 Å². The zero-order valence-electron chi connectivity index (χ0n) is 13.5. The number of carbonyl (C=O) groups excluding carboxylic acids is 1. The van der Waals surface area contributed by atoms with E-state index in [9.17, 15) is 19.3 Å². The highest BCUT2D eigenvalue weighted by molar-refractivity contribution is 5.93. The number of hydrogen-bond donors (Lipinski definition) is 1. The maximum atomic E-state index is 13.6. The minimum absolute atomic E-state index is 0.0382. The molecule has 2 rings (SSSR count). The van der Waals surface area contributed by atoms with Crippen LogP contribution in [0.5, 0.6) is 0 Å². The first kappa shape index (κ1) is 17.6. The number of halogens is 1. The zero-order valence-corrected chi connectivity index (χ0v) is 13.5. The Bertz CT molecular complexity index is 764. The van der Waals surface area contributed by atoms with Crippen LogP contribution in [0.2, 0.25) is 0 Å². The lowest BCUT2D eigenvalue weighted by atomic mass is 10.2. The number of non-ortho nitro benzene ring substituents is 1. The Morgan fingerprint density at radius 1 is 1.29 bits per heavy atom. The van der Waals surface area contributed by atoms with E-state index < -0.39 is 4.92 Å². The summed E-state index contributed by atoms with van der Waals surface area (Å²) in [6.45, 7) is 2.08. The molecule has 6 nitrogen and oxygen atoms in total. The van der Waals surface area contributed by atoms with Gasteiger partial charge in [0.2, 0.25) is 5.91 Å². The first-order chi connectivity index (χ1) is 11.4. The second kappa shape index (κ2) is 7.65. The fourth-order valence-electron chi connectivity index (χ4n) is 2.27. The Labute approximate surface area is 139 Å². The molecule has 0 fully saturated rings. The lowest BCUT2D eigenvalue weighted by Gasteiger charge is -2.17. The molecule has 24 heavy (non-hydrogen) atoms. The summed E-state index contributed by atoms with van der Waals surface area (Å²) in [5, 5.41) is 13.5. The molecule has 0 unspecified atom stereocenters. The lowest BCUT2D eigenvalue weighted by Crippen LogP contribution is -2.30. The quantitative estimate of drug-likeness (QED) is 0.652. The van der Waals surface area contributed by atoms with E-state index in [1.54, 1.807) is 43.1 Å². The van der Waals surface area contributed by atoms with Gasteiger partial charge < -0.3 is 5.32 Å². The Kier molecular flexibility index (Phi) is 5.59. The maximum absolute atomic E-state index is 13.6. The number of aryl methyl sites for hydroxylation is 1. The van der Waals surface area contributed by atoms with Gasteiger partial charge in [-0.05, 0) is 25.6 Å². The van der Waals surface area contributed by atoms with E-state index in [-0.39, 0.29) is 30.5 Å². The third-order valence-electron chi connectivity index (χ3n) is 3.52. The molecular weight excluding hydrogens is 313 g/mol. The standard InChI is InChI=1S/C17H18FN3O3/c1-12-7-8-14(21(23)24)9-16(12)19-17(22)11-20(2)10-13-5-3-4-6-15(13)18/h3-9H,10-11H2,1-2H3,(H,19,22). The molecule has 0 saturated carbocycles. The minimum Gasteiger partial charge on any atom is -0.324 e. The van der Waals surface area contributed by atoms with Crippen molar-refractivity contribution in [1.82, 2.24) is 4.90 Å². The van der Waals surface area contributed by atoms with Crippen LogP contribution in [0.25, 0.3) is 0 Å². The highest BCUT2D eigenvalue weighted by Gasteiger charge is 2.13. The van der Waals surface area contributed by atoms with Crippen LogP contribution in [-0.4, -0.2) is 29.3 Å². The van der Waals surface area contributed by atoms with Crippen LogP contribution >= 0.6 is 0 Å². The average Bonchev–Trinajstić information content (AvgIpc) is 2.51. The Morgan fingerprint density at radius 2 is 2.00 bits per heavy atom. The molecule has 7 heteroatoms. The molecule has 1 N–H and O–H groups in total. The third kappa shape index (κ3) is 4.60. The SMILES string of the molecule is Cc1ccc([N+](=O)[O-])cc1NC(=O)CN(C)Cc1ccccc1F. The minimum atomic E-state index is -0.514. The number of hydrogen-bond acceptors (Lipinski definition) is 4. The first-order valence-corrected chi connectivity index (χ1v) is 7.33. The van der Waals surface area contributed by atoms with Crippen LogP contribution in [0.15, 0.2) is 42.5 Å². The summed E-state index contributed by atoms with van der Waals surface area (Å²) in [7, 11) is 1.70. The van der Waals surface area contributed by atoms with Crippen molar-refractivity contribution in [2.45, 2.75) is 13.5 Å². The van der Waals surface area contributed by atoms with Gasteiger partial charge in [0, 0.05) is 24.2 Å². The van der Waals surface area contributed by atoms with Crippen molar-refractivity contribution >= 4 is 17.3 Å². The summed E-state index contributed by atoms with van der Waals surface area (Å²) in [4.78, 5) is 24.1. The Balaban J connectivity index is 1.99. The molecule has 0 aromatic heterocycles. The van der Waals surface area contributed by atoms with Gasteiger partial charge in [-0.3, -0.25) is 19.8 Å². The van der Waals surface area contributed by atoms with Crippen LogP contribution in [0.4, 0.5) is 15.8 Å². The van der Waals surface area contributed by atoms with Gasteiger partial charge in [-0.1, -0.05) is 24.3 Å². The largest absolute Gasteiger partial charge is 0.324 e. The fourth-order valence-corrected chi connectivity index (χ4v) is 2.27. The van der Waals surface area contributed by atoms with E-state index in [0.717, 1.165) is 5.56 Å². The predicted octanol–water partition coefficient (Wildman–Crippen LogP) is 3.11. The number of nitrogens with zero attached hydrogens (tertiary/aromatic N) is 2. The molecule has 1 amide bonds. The van der Waals surface area contributed by atoms with Gasteiger partial charge in [-0.15, -0.1) is 0 Å². The molecule has 0 bridgehead atoms. The average molecular weight is 331 g/mol. The number of likely N-dealkylation sites (N-methyl/N-ethyl adjacent to an activating group) is 1. The molecule has 2 aromatic carbocycles. The summed E-state index contributed by atoms with van der Waals surface area (Å²) < 4.78 is 13.6. The summed E-state index contributed by atoms with van der Waals surface area (Å²) in [5.41, 5.74) is 1.54. The zero-order chi connectivity index (χ0) is 17.7. The monoisotopic (exact) mass is 331 g/mol. The fraction of sp³-hybridized carbons (Fsp3) is 0.235. The van der Waals surface area contributed by atoms with Crippen molar-refractivity contribution in [3.05, 3.63) is 69.5 Å². The summed E-state index contributed by atoms with van der Waals surface area (Å²) >= 11 is 0. The van der Waals surface area contributed by atoms with E-state index in [2.05, 4.69) is 5.32 Å². The number of nitro groups is 1. The molecule has 0 aliphatic carbocycles. The van der Waals surface area contributed by atoms with Crippen molar-refractivity contribution in [2.75, 3.05) is 18.9 Å². The number of anilines is 1. The van der Waals surface area contributed by atoms with Crippen LogP contribution < -0.4 is 5.32 Å². The summed E-state index contributed by atoms with van der Waals surface area (Å²) in [6, 6.07) is 10.7. The first-order valence-electron chi connectivity index (χ1n) is 7.33. The van der Waals surface area contributed by atoms with Crippen molar-refractivity contribution in [3.8, 4) is 0 Å². The Hall–Kier alpha value is -2.80. The van der Waals surface area contributed by atoms with E-state index in [4.69, 9.17) is 0 Å². The van der Waals surface area contributed by atoms with Gasteiger partial charge in [0.1, 0.15) is 5.82 Å². The van der Waals surface area contributed by atoms with E-state index in [0.29, 0.717) is 11.3 Å². The lowest BCUT2D eigenvalue weighted by molar-refractivity contribution is -0.384. The van der Waals surface area contributed by atoms with Gasteiger partial charge in [0.15, 0.2) is 0 Å².